The standard InChI is InChI=1S/C22H26N2O3S/c1-6-13-24-19-18(26-5)12-7-15(4)20(19)28-22(24)23-21(25)16-8-10-17(11-9-16)27-14(2)3/h7-12,14H,6,13H2,1-5H3. The van der Waals surface area contributed by atoms with Crippen LogP contribution in [0.4, 0.5) is 0 Å². The van der Waals surface area contributed by atoms with Gasteiger partial charge in [0.2, 0.25) is 0 Å². The van der Waals surface area contributed by atoms with Crippen molar-refractivity contribution in [2.45, 2.75) is 46.8 Å². The average molecular weight is 399 g/mol. The number of fused-ring (bicyclic) bond motifs is 1. The number of aromatic nitrogens is 1. The van der Waals surface area contributed by atoms with Crippen molar-refractivity contribution >= 4 is 27.5 Å². The number of carbonyl (C=O) groups is 1. The predicted molar refractivity (Wildman–Crippen MR) is 113 cm³/mol. The first kappa shape index (κ1) is 20.1. The van der Waals surface area contributed by atoms with E-state index in [9.17, 15) is 4.79 Å². The monoisotopic (exact) mass is 398 g/mol. The van der Waals surface area contributed by atoms with Gasteiger partial charge in [0, 0.05) is 12.1 Å². The Labute approximate surface area is 169 Å². The third kappa shape index (κ3) is 4.12. The number of benzene rings is 2. The second-order valence-electron chi connectivity index (χ2n) is 6.91. The zero-order valence-electron chi connectivity index (χ0n) is 17.0. The minimum Gasteiger partial charge on any atom is -0.495 e. The molecule has 0 spiro atoms. The van der Waals surface area contributed by atoms with E-state index in [4.69, 9.17) is 9.47 Å². The van der Waals surface area contributed by atoms with Crippen LogP contribution in [0.2, 0.25) is 0 Å². The summed E-state index contributed by atoms with van der Waals surface area (Å²) in [5.41, 5.74) is 2.69. The molecule has 0 bridgehead atoms. The number of methoxy groups -OCH3 is 1. The number of nitrogens with zero attached hydrogens (tertiary/aromatic N) is 2. The molecule has 0 unspecified atom stereocenters. The minimum absolute atomic E-state index is 0.0935. The van der Waals surface area contributed by atoms with Gasteiger partial charge in [0.05, 0.1) is 17.9 Å². The normalized spacial score (nSPS) is 12.0. The van der Waals surface area contributed by atoms with Crippen molar-refractivity contribution in [2.75, 3.05) is 7.11 Å². The summed E-state index contributed by atoms with van der Waals surface area (Å²) in [7, 11) is 1.67. The fourth-order valence-corrected chi connectivity index (χ4v) is 4.20. The molecule has 2 aromatic carbocycles. The van der Waals surface area contributed by atoms with Gasteiger partial charge in [0.15, 0.2) is 4.80 Å². The van der Waals surface area contributed by atoms with Crippen LogP contribution in [0.5, 0.6) is 11.5 Å². The van der Waals surface area contributed by atoms with E-state index in [1.54, 1.807) is 31.4 Å². The molecular weight excluding hydrogens is 372 g/mol. The Morgan fingerprint density at radius 1 is 1.18 bits per heavy atom. The van der Waals surface area contributed by atoms with E-state index in [1.165, 1.54) is 11.3 Å². The van der Waals surface area contributed by atoms with Gasteiger partial charge >= 0.3 is 0 Å². The molecular formula is C22H26N2O3S. The van der Waals surface area contributed by atoms with Gasteiger partial charge in [0.1, 0.15) is 17.0 Å². The zero-order valence-corrected chi connectivity index (χ0v) is 17.8. The lowest BCUT2D eigenvalue weighted by Gasteiger charge is -2.09. The molecule has 1 heterocycles. The summed E-state index contributed by atoms with van der Waals surface area (Å²) >= 11 is 1.53. The number of rotatable bonds is 6. The van der Waals surface area contributed by atoms with Gasteiger partial charge in [-0.25, -0.2) is 0 Å². The maximum atomic E-state index is 12.8. The second-order valence-corrected chi connectivity index (χ2v) is 7.88. The van der Waals surface area contributed by atoms with Gasteiger partial charge in [-0.3, -0.25) is 4.79 Å². The van der Waals surface area contributed by atoms with Crippen molar-refractivity contribution < 1.29 is 14.3 Å². The number of hydrogen-bond donors (Lipinski definition) is 0. The van der Waals surface area contributed by atoms with Crippen LogP contribution in [-0.4, -0.2) is 23.7 Å². The van der Waals surface area contributed by atoms with Crippen molar-refractivity contribution in [3.05, 3.63) is 52.3 Å². The molecule has 0 aliphatic heterocycles. The van der Waals surface area contributed by atoms with Crippen LogP contribution in [0.25, 0.3) is 10.2 Å². The topological polar surface area (TPSA) is 52.8 Å². The molecule has 0 saturated carbocycles. The Bertz CT molecular complexity index is 1050. The number of amides is 1. The van der Waals surface area contributed by atoms with E-state index in [1.807, 2.05) is 26.0 Å². The summed E-state index contributed by atoms with van der Waals surface area (Å²) in [5.74, 6) is 1.29. The second kappa shape index (κ2) is 8.61. The largest absolute Gasteiger partial charge is 0.495 e. The Morgan fingerprint density at radius 2 is 1.89 bits per heavy atom. The Balaban J connectivity index is 2.06. The Kier molecular flexibility index (Phi) is 6.19. The van der Waals surface area contributed by atoms with E-state index < -0.39 is 0 Å². The van der Waals surface area contributed by atoms with Crippen molar-refractivity contribution in [2.24, 2.45) is 4.99 Å². The summed E-state index contributed by atoms with van der Waals surface area (Å²) in [5, 5.41) is 0. The number of aryl methyl sites for hydroxylation is 2. The van der Waals surface area contributed by atoms with Gasteiger partial charge in [0.25, 0.3) is 5.91 Å². The number of hydrogen-bond acceptors (Lipinski definition) is 4. The van der Waals surface area contributed by atoms with E-state index in [0.717, 1.165) is 40.2 Å². The lowest BCUT2D eigenvalue weighted by Crippen LogP contribution is -2.17. The van der Waals surface area contributed by atoms with Crippen LogP contribution in [0.15, 0.2) is 41.4 Å². The number of carbonyl (C=O) groups excluding carboxylic acids is 1. The average Bonchev–Trinajstić information content (AvgIpc) is 3.02. The lowest BCUT2D eigenvalue weighted by molar-refractivity contribution is 0.0997. The SMILES string of the molecule is CCCn1c(=NC(=O)c2ccc(OC(C)C)cc2)sc2c(C)ccc(OC)c21. The molecule has 5 nitrogen and oxygen atoms in total. The van der Waals surface area contributed by atoms with Crippen molar-refractivity contribution in [3.63, 3.8) is 0 Å². The molecule has 0 saturated heterocycles. The van der Waals surface area contributed by atoms with Crippen LogP contribution in [0.1, 0.15) is 43.1 Å². The van der Waals surface area contributed by atoms with Crippen LogP contribution in [0.3, 0.4) is 0 Å². The van der Waals surface area contributed by atoms with Crippen LogP contribution in [-0.2, 0) is 6.54 Å². The molecule has 3 aromatic rings. The van der Waals surface area contributed by atoms with Crippen LogP contribution >= 0.6 is 11.3 Å². The van der Waals surface area contributed by atoms with Gasteiger partial charge in [-0.1, -0.05) is 24.3 Å². The smallest absolute Gasteiger partial charge is 0.279 e. The van der Waals surface area contributed by atoms with Gasteiger partial charge < -0.3 is 14.0 Å². The quantitative estimate of drug-likeness (QED) is 0.590. The molecule has 0 N–H and O–H groups in total. The van der Waals surface area contributed by atoms with Crippen LogP contribution < -0.4 is 14.3 Å². The summed E-state index contributed by atoms with van der Waals surface area (Å²) in [6.07, 6.45) is 1.03. The molecule has 0 aliphatic carbocycles. The van der Waals surface area contributed by atoms with Crippen molar-refractivity contribution in [3.8, 4) is 11.5 Å². The molecule has 6 heteroatoms. The summed E-state index contributed by atoms with van der Waals surface area (Å²) < 4.78 is 14.4. The maximum Gasteiger partial charge on any atom is 0.279 e. The van der Waals surface area contributed by atoms with E-state index in [-0.39, 0.29) is 12.0 Å². The number of thiazole rings is 1. The maximum absolute atomic E-state index is 12.8. The first-order chi connectivity index (χ1) is 13.4. The van der Waals surface area contributed by atoms with E-state index in [2.05, 4.69) is 23.4 Å². The summed E-state index contributed by atoms with van der Waals surface area (Å²) in [6.45, 7) is 8.88. The Morgan fingerprint density at radius 3 is 2.50 bits per heavy atom. The summed E-state index contributed by atoms with van der Waals surface area (Å²) in [4.78, 5) is 17.9. The van der Waals surface area contributed by atoms with Gasteiger partial charge in [-0.2, -0.15) is 4.99 Å². The first-order valence-corrected chi connectivity index (χ1v) is 10.3. The van der Waals surface area contributed by atoms with E-state index >= 15 is 0 Å². The van der Waals surface area contributed by atoms with Gasteiger partial charge in [-0.15, -0.1) is 0 Å². The van der Waals surface area contributed by atoms with Crippen molar-refractivity contribution in [1.29, 1.82) is 0 Å². The van der Waals surface area contributed by atoms with E-state index in [0.29, 0.717) is 10.4 Å². The van der Waals surface area contributed by atoms with Crippen molar-refractivity contribution in [1.82, 2.24) is 4.57 Å². The highest BCUT2D eigenvalue weighted by Gasteiger charge is 2.14. The fourth-order valence-electron chi connectivity index (χ4n) is 3.06. The molecule has 3 rings (SSSR count). The highest BCUT2D eigenvalue weighted by atomic mass is 32.1. The fraction of sp³-hybridized carbons (Fsp3) is 0.364. The first-order valence-electron chi connectivity index (χ1n) is 9.47. The third-order valence-electron chi connectivity index (χ3n) is 4.32. The highest BCUT2D eigenvalue weighted by molar-refractivity contribution is 7.16. The highest BCUT2D eigenvalue weighted by Crippen LogP contribution is 2.30. The molecule has 0 radical (unpaired) electrons. The molecule has 28 heavy (non-hydrogen) atoms. The molecule has 1 amide bonds. The third-order valence-corrected chi connectivity index (χ3v) is 5.54. The lowest BCUT2D eigenvalue weighted by atomic mass is 10.2. The molecule has 0 atom stereocenters. The minimum atomic E-state index is -0.260. The predicted octanol–water partition coefficient (Wildman–Crippen LogP) is 4.96. The molecule has 0 fully saturated rings. The summed E-state index contributed by atoms with van der Waals surface area (Å²) in [6, 6.07) is 11.1. The van der Waals surface area contributed by atoms with Gasteiger partial charge in [-0.05, 0) is 63.1 Å². The zero-order chi connectivity index (χ0) is 20.3. The van der Waals surface area contributed by atoms with Crippen LogP contribution in [0, 0.1) is 6.92 Å². The Hall–Kier alpha value is -2.60. The molecule has 0 aliphatic rings. The molecule has 1 aromatic heterocycles. The molecule has 148 valence electrons. The number of ether oxygens (including phenoxy) is 2.